The lowest BCUT2D eigenvalue weighted by molar-refractivity contribution is 0.0495. The Hall–Kier alpha value is -1.51. The van der Waals surface area contributed by atoms with Crippen molar-refractivity contribution in [3.8, 4) is 0 Å². The van der Waals surface area contributed by atoms with Gasteiger partial charge in [-0.25, -0.2) is 4.79 Å². The standard InChI is InChI=1S/C13H17NO2/c1-9-2-5-11(8-12(9)14)13(15)16-7-6-10-3-4-10/h2,5,8,10H,3-4,6-7,14H2,1H3. The lowest BCUT2D eigenvalue weighted by atomic mass is 10.1. The molecule has 2 rings (SSSR count). The zero-order valence-electron chi connectivity index (χ0n) is 9.53. The summed E-state index contributed by atoms with van der Waals surface area (Å²) in [6.07, 6.45) is 3.57. The zero-order chi connectivity index (χ0) is 11.5. The molecule has 3 heteroatoms. The molecule has 16 heavy (non-hydrogen) atoms. The minimum Gasteiger partial charge on any atom is -0.462 e. The van der Waals surface area contributed by atoms with Crippen molar-refractivity contribution in [2.24, 2.45) is 5.92 Å². The third-order valence-corrected chi connectivity index (χ3v) is 2.97. The van der Waals surface area contributed by atoms with Gasteiger partial charge in [-0.2, -0.15) is 0 Å². The van der Waals surface area contributed by atoms with Crippen molar-refractivity contribution in [3.63, 3.8) is 0 Å². The zero-order valence-corrected chi connectivity index (χ0v) is 9.53. The van der Waals surface area contributed by atoms with Crippen LogP contribution in [0.2, 0.25) is 0 Å². The minimum absolute atomic E-state index is 0.271. The van der Waals surface area contributed by atoms with Gasteiger partial charge in [0, 0.05) is 5.69 Å². The third-order valence-electron chi connectivity index (χ3n) is 2.97. The number of nitrogen functional groups attached to an aromatic ring is 1. The van der Waals surface area contributed by atoms with E-state index >= 15 is 0 Å². The Morgan fingerprint density at radius 3 is 2.88 bits per heavy atom. The maximum atomic E-state index is 11.6. The molecule has 1 aliphatic rings. The third kappa shape index (κ3) is 2.75. The van der Waals surface area contributed by atoms with Crippen LogP contribution in [0.1, 0.15) is 35.2 Å². The molecule has 1 aromatic carbocycles. The number of ether oxygens (including phenoxy) is 1. The molecular formula is C13H17NO2. The van der Waals surface area contributed by atoms with Gasteiger partial charge in [-0.1, -0.05) is 18.9 Å². The lowest BCUT2D eigenvalue weighted by Crippen LogP contribution is -2.07. The van der Waals surface area contributed by atoms with Crippen LogP contribution in [0.15, 0.2) is 18.2 Å². The highest BCUT2D eigenvalue weighted by atomic mass is 16.5. The van der Waals surface area contributed by atoms with Crippen LogP contribution >= 0.6 is 0 Å². The molecule has 0 aliphatic heterocycles. The van der Waals surface area contributed by atoms with E-state index in [1.807, 2.05) is 13.0 Å². The fourth-order valence-electron chi connectivity index (χ4n) is 1.58. The number of carbonyl (C=O) groups excluding carboxylic acids is 1. The van der Waals surface area contributed by atoms with E-state index in [0.29, 0.717) is 17.9 Å². The first-order valence-corrected chi connectivity index (χ1v) is 5.70. The number of benzene rings is 1. The summed E-state index contributed by atoms with van der Waals surface area (Å²) in [6, 6.07) is 5.27. The summed E-state index contributed by atoms with van der Waals surface area (Å²) in [5.74, 6) is 0.517. The Bertz CT molecular complexity index is 397. The highest BCUT2D eigenvalue weighted by Gasteiger charge is 2.21. The second kappa shape index (κ2) is 4.56. The van der Waals surface area contributed by atoms with Crippen molar-refractivity contribution in [2.75, 3.05) is 12.3 Å². The van der Waals surface area contributed by atoms with Crippen LogP contribution < -0.4 is 5.73 Å². The number of anilines is 1. The van der Waals surface area contributed by atoms with E-state index in [1.54, 1.807) is 12.1 Å². The molecule has 0 heterocycles. The van der Waals surface area contributed by atoms with Crippen molar-refractivity contribution in [1.29, 1.82) is 0 Å². The molecule has 0 amide bonds. The molecule has 1 aromatic rings. The van der Waals surface area contributed by atoms with Crippen molar-refractivity contribution < 1.29 is 9.53 Å². The monoisotopic (exact) mass is 219 g/mol. The van der Waals surface area contributed by atoms with E-state index in [2.05, 4.69) is 0 Å². The molecular weight excluding hydrogens is 202 g/mol. The Labute approximate surface area is 95.6 Å². The van der Waals surface area contributed by atoms with Gasteiger partial charge < -0.3 is 10.5 Å². The van der Waals surface area contributed by atoms with Gasteiger partial charge in [0.15, 0.2) is 0 Å². The minimum atomic E-state index is -0.271. The van der Waals surface area contributed by atoms with Crippen molar-refractivity contribution in [2.45, 2.75) is 26.2 Å². The van der Waals surface area contributed by atoms with Gasteiger partial charge in [0.1, 0.15) is 0 Å². The predicted molar refractivity (Wildman–Crippen MR) is 63.2 cm³/mol. The molecule has 1 fully saturated rings. The summed E-state index contributed by atoms with van der Waals surface area (Å²) < 4.78 is 5.18. The first kappa shape index (κ1) is 11.0. The smallest absolute Gasteiger partial charge is 0.338 e. The van der Waals surface area contributed by atoms with E-state index in [9.17, 15) is 4.79 Å². The molecule has 0 unspecified atom stereocenters. The maximum Gasteiger partial charge on any atom is 0.338 e. The van der Waals surface area contributed by atoms with Crippen molar-refractivity contribution >= 4 is 11.7 Å². The molecule has 86 valence electrons. The highest BCUT2D eigenvalue weighted by molar-refractivity contribution is 5.90. The summed E-state index contributed by atoms with van der Waals surface area (Å²) in [6.45, 7) is 2.44. The number of hydrogen-bond acceptors (Lipinski definition) is 3. The number of hydrogen-bond donors (Lipinski definition) is 1. The topological polar surface area (TPSA) is 52.3 Å². The summed E-state index contributed by atoms with van der Waals surface area (Å²) in [5.41, 5.74) is 7.90. The van der Waals surface area contributed by atoms with Gasteiger partial charge in [0.25, 0.3) is 0 Å². The quantitative estimate of drug-likeness (QED) is 0.625. The number of carbonyl (C=O) groups is 1. The van der Waals surface area contributed by atoms with Crippen molar-refractivity contribution in [3.05, 3.63) is 29.3 Å². The van der Waals surface area contributed by atoms with Gasteiger partial charge in [-0.15, -0.1) is 0 Å². The van der Waals surface area contributed by atoms with Crippen LogP contribution in [-0.4, -0.2) is 12.6 Å². The predicted octanol–water partition coefficient (Wildman–Crippen LogP) is 2.53. The fraction of sp³-hybridized carbons (Fsp3) is 0.462. The molecule has 0 saturated heterocycles. The first-order chi connectivity index (χ1) is 7.66. The molecule has 0 radical (unpaired) electrons. The van der Waals surface area contributed by atoms with Crippen LogP contribution in [0, 0.1) is 12.8 Å². The number of nitrogens with two attached hydrogens (primary N) is 1. The lowest BCUT2D eigenvalue weighted by Gasteiger charge is -2.06. The van der Waals surface area contributed by atoms with Crippen LogP contribution in [0.5, 0.6) is 0 Å². The van der Waals surface area contributed by atoms with Gasteiger partial charge in [0.05, 0.1) is 12.2 Å². The van der Waals surface area contributed by atoms with E-state index in [4.69, 9.17) is 10.5 Å². The number of esters is 1. The van der Waals surface area contributed by atoms with E-state index < -0.39 is 0 Å². The Morgan fingerprint density at radius 1 is 1.50 bits per heavy atom. The second-order valence-electron chi connectivity index (χ2n) is 4.44. The van der Waals surface area contributed by atoms with Crippen LogP contribution in [0.3, 0.4) is 0 Å². The normalized spacial score (nSPS) is 14.8. The average molecular weight is 219 g/mol. The molecule has 0 atom stereocenters. The summed E-state index contributed by atoms with van der Waals surface area (Å²) in [5, 5.41) is 0. The second-order valence-corrected chi connectivity index (χ2v) is 4.44. The van der Waals surface area contributed by atoms with Gasteiger partial charge in [-0.05, 0) is 37.0 Å². The highest BCUT2D eigenvalue weighted by Crippen LogP contribution is 2.32. The Balaban J connectivity index is 1.88. The molecule has 0 spiro atoms. The van der Waals surface area contributed by atoms with Gasteiger partial charge in [0.2, 0.25) is 0 Å². The van der Waals surface area contributed by atoms with Crippen LogP contribution in [0.25, 0.3) is 0 Å². The van der Waals surface area contributed by atoms with Gasteiger partial charge in [-0.3, -0.25) is 0 Å². The van der Waals surface area contributed by atoms with Crippen molar-refractivity contribution in [1.82, 2.24) is 0 Å². The van der Waals surface area contributed by atoms with Crippen LogP contribution in [0.4, 0.5) is 5.69 Å². The van der Waals surface area contributed by atoms with E-state index in [1.165, 1.54) is 12.8 Å². The number of rotatable bonds is 4. The average Bonchev–Trinajstić information content (AvgIpc) is 3.06. The Morgan fingerprint density at radius 2 is 2.25 bits per heavy atom. The molecule has 3 nitrogen and oxygen atoms in total. The maximum absolute atomic E-state index is 11.6. The summed E-state index contributed by atoms with van der Waals surface area (Å²) >= 11 is 0. The van der Waals surface area contributed by atoms with Gasteiger partial charge >= 0.3 is 5.97 Å². The van der Waals surface area contributed by atoms with E-state index in [0.717, 1.165) is 17.9 Å². The molecule has 1 saturated carbocycles. The van der Waals surface area contributed by atoms with Crippen LogP contribution in [-0.2, 0) is 4.74 Å². The fourth-order valence-corrected chi connectivity index (χ4v) is 1.58. The SMILES string of the molecule is Cc1ccc(C(=O)OCCC2CC2)cc1N. The van der Waals surface area contributed by atoms with E-state index in [-0.39, 0.29) is 5.97 Å². The molecule has 1 aliphatic carbocycles. The summed E-state index contributed by atoms with van der Waals surface area (Å²) in [7, 11) is 0. The first-order valence-electron chi connectivity index (χ1n) is 5.70. The molecule has 0 aromatic heterocycles. The largest absolute Gasteiger partial charge is 0.462 e. The molecule has 0 bridgehead atoms. The number of aryl methyl sites for hydroxylation is 1. The Kier molecular flexibility index (Phi) is 3.13. The molecule has 2 N–H and O–H groups in total. The summed E-state index contributed by atoms with van der Waals surface area (Å²) in [4.78, 5) is 11.6.